The monoisotopic (exact) mass is 285 g/mol. The Hall–Kier alpha value is -1.30. The molecule has 5 nitrogen and oxygen atoms in total. The van der Waals surface area contributed by atoms with Gasteiger partial charge in [0.1, 0.15) is 11.4 Å². The van der Waals surface area contributed by atoms with Crippen molar-refractivity contribution in [1.29, 1.82) is 0 Å². The molecule has 1 aromatic rings. The summed E-state index contributed by atoms with van der Waals surface area (Å²) in [4.78, 5) is 4.35. The van der Waals surface area contributed by atoms with E-state index in [9.17, 15) is 4.21 Å². The van der Waals surface area contributed by atoms with E-state index in [1.54, 1.807) is 18.4 Å². The predicted octanol–water partition coefficient (Wildman–Crippen LogP) is 2.02. The average Bonchev–Trinajstić information content (AvgIpc) is 2.19. The number of ether oxygens (including phenoxy) is 1. The van der Waals surface area contributed by atoms with E-state index in [0.717, 1.165) is 0 Å². The van der Waals surface area contributed by atoms with E-state index >= 15 is 0 Å². The predicted molar refractivity (Wildman–Crippen MR) is 81.0 cm³/mol. The van der Waals surface area contributed by atoms with Crippen LogP contribution in [0.4, 0.5) is 11.5 Å². The molecule has 1 aromatic heterocycles. The molecule has 19 heavy (non-hydrogen) atoms. The molecular formula is C13H23N3O2S. The summed E-state index contributed by atoms with van der Waals surface area (Å²) in [5.41, 5.74) is 6.00. The number of anilines is 2. The van der Waals surface area contributed by atoms with Gasteiger partial charge in [-0.05, 0) is 39.8 Å². The van der Waals surface area contributed by atoms with Crippen molar-refractivity contribution in [3.63, 3.8) is 0 Å². The van der Waals surface area contributed by atoms with Gasteiger partial charge in [-0.2, -0.15) is 4.98 Å². The minimum atomic E-state index is -0.841. The third kappa shape index (κ3) is 5.92. The molecule has 6 heteroatoms. The molecule has 0 saturated heterocycles. The molecule has 0 fully saturated rings. The van der Waals surface area contributed by atoms with Crippen molar-refractivity contribution >= 4 is 22.3 Å². The quantitative estimate of drug-likeness (QED) is 0.865. The van der Waals surface area contributed by atoms with Crippen molar-refractivity contribution in [2.45, 2.75) is 39.3 Å². The molecule has 0 amide bonds. The zero-order valence-corrected chi connectivity index (χ0v) is 13.0. The Morgan fingerprint density at radius 2 is 2.11 bits per heavy atom. The van der Waals surface area contributed by atoms with Gasteiger partial charge in [0.05, 0.1) is 5.69 Å². The summed E-state index contributed by atoms with van der Waals surface area (Å²) in [6.45, 7) is 7.79. The van der Waals surface area contributed by atoms with Gasteiger partial charge in [0, 0.05) is 28.9 Å². The Labute approximate surface area is 117 Å². The topological polar surface area (TPSA) is 77.2 Å². The van der Waals surface area contributed by atoms with Crippen molar-refractivity contribution in [2.24, 2.45) is 0 Å². The fraction of sp³-hybridized carbons (Fsp3) is 0.615. The van der Waals surface area contributed by atoms with Crippen LogP contribution in [0.25, 0.3) is 0 Å². The van der Waals surface area contributed by atoms with Gasteiger partial charge < -0.3 is 15.8 Å². The molecule has 0 saturated carbocycles. The van der Waals surface area contributed by atoms with Crippen LogP contribution in [0.5, 0.6) is 5.88 Å². The zero-order chi connectivity index (χ0) is 14.6. The molecule has 1 rings (SSSR count). The van der Waals surface area contributed by atoms with Crippen molar-refractivity contribution in [1.82, 2.24) is 4.98 Å². The van der Waals surface area contributed by atoms with Gasteiger partial charge >= 0.3 is 0 Å². The lowest BCUT2D eigenvalue weighted by Gasteiger charge is -2.22. The molecule has 108 valence electrons. The molecular weight excluding hydrogens is 262 g/mol. The Balaban J connectivity index is 2.81. The van der Waals surface area contributed by atoms with Crippen molar-refractivity contribution < 1.29 is 8.95 Å². The standard InChI is InChI=1S/C13H23N3O2S/c1-9(8-19(5)17)15-11-7-6-10(14)12(16-11)18-13(2,3)4/h6-7,9H,8,14H2,1-5H3,(H,15,16). The van der Waals surface area contributed by atoms with Gasteiger partial charge in [-0.15, -0.1) is 0 Å². The SMILES string of the molecule is CC(CS(C)=O)Nc1ccc(N)c(OC(C)(C)C)n1. The lowest BCUT2D eigenvalue weighted by molar-refractivity contribution is 0.125. The first-order valence-corrected chi connectivity index (χ1v) is 7.92. The van der Waals surface area contributed by atoms with E-state index in [-0.39, 0.29) is 11.6 Å². The highest BCUT2D eigenvalue weighted by Crippen LogP contribution is 2.25. The number of aromatic nitrogens is 1. The molecule has 0 aliphatic carbocycles. The van der Waals surface area contributed by atoms with Crippen LogP contribution < -0.4 is 15.8 Å². The second kappa shape index (κ2) is 6.23. The van der Waals surface area contributed by atoms with Crippen LogP contribution in [0.2, 0.25) is 0 Å². The number of nitrogens with two attached hydrogens (primary N) is 1. The lowest BCUT2D eigenvalue weighted by Crippen LogP contribution is -2.25. The maximum atomic E-state index is 11.2. The summed E-state index contributed by atoms with van der Waals surface area (Å²) in [5.74, 6) is 1.66. The Morgan fingerprint density at radius 1 is 1.47 bits per heavy atom. The van der Waals surface area contributed by atoms with Crippen molar-refractivity contribution in [3.8, 4) is 5.88 Å². The molecule has 0 spiro atoms. The van der Waals surface area contributed by atoms with E-state index in [1.165, 1.54) is 0 Å². The van der Waals surface area contributed by atoms with E-state index in [2.05, 4.69) is 10.3 Å². The number of nitrogens with zero attached hydrogens (tertiary/aromatic N) is 1. The maximum absolute atomic E-state index is 11.2. The minimum Gasteiger partial charge on any atom is -0.470 e. The van der Waals surface area contributed by atoms with Gasteiger partial charge in [0.2, 0.25) is 5.88 Å². The molecule has 0 aliphatic rings. The Bertz CT molecular complexity index is 458. The van der Waals surface area contributed by atoms with Gasteiger partial charge in [-0.3, -0.25) is 4.21 Å². The number of pyridine rings is 1. The molecule has 2 atom stereocenters. The van der Waals surface area contributed by atoms with Crippen LogP contribution in [0, 0.1) is 0 Å². The van der Waals surface area contributed by atoms with Crippen LogP contribution >= 0.6 is 0 Å². The summed E-state index contributed by atoms with van der Waals surface area (Å²) in [5, 5.41) is 3.19. The third-order valence-electron chi connectivity index (χ3n) is 2.17. The average molecular weight is 285 g/mol. The molecule has 0 radical (unpaired) electrons. The van der Waals surface area contributed by atoms with Gasteiger partial charge in [0.25, 0.3) is 0 Å². The highest BCUT2D eigenvalue weighted by Gasteiger charge is 2.16. The molecule has 2 unspecified atom stereocenters. The summed E-state index contributed by atoms with van der Waals surface area (Å²) < 4.78 is 16.9. The summed E-state index contributed by atoms with van der Waals surface area (Å²) in [6.07, 6.45) is 1.68. The minimum absolute atomic E-state index is 0.0736. The van der Waals surface area contributed by atoms with Gasteiger partial charge in [-0.25, -0.2) is 0 Å². The summed E-state index contributed by atoms with van der Waals surface area (Å²) in [6, 6.07) is 3.62. The molecule has 0 aromatic carbocycles. The number of nitrogen functional groups attached to an aromatic ring is 1. The first kappa shape index (κ1) is 15.8. The smallest absolute Gasteiger partial charge is 0.239 e. The Morgan fingerprint density at radius 3 is 2.63 bits per heavy atom. The normalized spacial score (nSPS) is 14.8. The summed E-state index contributed by atoms with van der Waals surface area (Å²) >= 11 is 0. The maximum Gasteiger partial charge on any atom is 0.239 e. The fourth-order valence-corrected chi connectivity index (χ4v) is 2.34. The highest BCUT2D eigenvalue weighted by molar-refractivity contribution is 7.84. The van der Waals surface area contributed by atoms with Gasteiger partial charge in [-0.1, -0.05) is 0 Å². The first-order valence-electron chi connectivity index (χ1n) is 6.19. The number of hydrogen-bond donors (Lipinski definition) is 2. The van der Waals surface area contributed by atoms with E-state index in [4.69, 9.17) is 10.5 Å². The van der Waals surface area contributed by atoms with Crippen LogP contribution in [0.1, 0.15) is 27.7 Å². The number of rotatable bonds is 5. The van der Waals surface area contributed by atoms with Gasteiger partial charge in [0.15, 0.2) is 0 Å². The van der Waals surface area contributed by atoms with Crippen molar-refractivity contribution in [3.05, 3.63) is 12.1 Å². The summed E-state index contributed by atoms with van der Waals surface area (Å²) in [7, 11) is -0.841. The number of hydrogen-bond acceptors (Lipinski definition) is 5. The van der Waals surface area contributed by atoms with Crippen LogP contribution in [-0.2, 0) is 10.8 Å². The molecule has 3 N–H and O–H groups in total. The second-order valence-corrected chi connectivity index (χ2v) is 7.07. The van der Waals surface area contributed by atoms with Crippen LogP contribution in [0.15, 0.2) is 12.1 Å². The van der Waals surface area contributed by atoms with Crippen molar-refractivity contribution in [2.75, 3.05) is 23.1 Å². The highest BCUT2D eigenvalue weighted by atomic mass is 32.2. The van der Waals surface area contributed by atoms with E-state index < -0.39 is 10.8 Å². The van der Waals surface area contributed by atoms with Crippen LogP contribution in [-0.4, -0.2) is 32.8 Å². The fourth-order valence-electron chi connectivity index (χ4n) is 1.55. The number of nitrogens with one attached hydrogen (secondary N) is 1. The largest absolute Gasteiger partial charge is 0.470 e. The van der Waals surface area contributed by atoms with E-state index in [1.807, 2.05) is 27.7 Å². The second-order valence-electron chi connectivity index (χ2n) is 5.59. The molecule has 0 bridgehead atoms. The first-order chi connectivity index (χ1) is 8.67. The molecule has 0 aliphatic heterocycles. The molecule has 1 heterocycles. The lowest BCUT2D eigenvalue weighted by atomic mass is 10.2. The van der Waals surface area contributed by atoms with Crippen LogP contribution in [0.3, 0.4) is 0 Å². The van der Waals surface area contributed by atoms with E-state index in [0.29, 0.717) is 23.1 Å². The Kier molecular flexibility index (Phi) is 5.17. The third-order valence-corrected chi connectivity index (χ3v) is 3.14. The zero-order valence-electron chi connectivity index (χ0n) is 12.2.